The first-order valence-electron chi connectivity index (χ1n) is 15.3. The summed E-state index contributed by atoms with van der Waals surface area (Å²) < 4.78 is 43.2. The number of benzene rings is 4. The highest BCUT2D eigenvalue weighted by molar-refractivity contribution is 7.92. The molecule has 0 spiro atoms. The van der Waals surface area contributed by atoms with E-state index in [1.807, 2.05) is 30.3 Å². The van der Waals surface area contributed by atoms with Gasteiger partial charge in [-0.05, 0) is 78.9 Å². The van der Waals surface area contributed by atoms with E-state index >= 15 is 0 Å². The molecule has 0 aliphatic heterocycles. The molecule has 1 N–H and O–H groups in total. The van der Waals surface area contributed by atoms with E-state index in [0.717, 1.165) is 35.6 Å². The number of hydrogen-bond acceptors (Lipinski definition) is 4. The van der Waals surface area contributed by atoms with Crippen molar-refractivity contribution in [2.24, 2.45) is 0 Å². The molecule has 0 aromatic heterocycles. The van der Waals surface area contributed by atoms with Gasteiger partial charge in [-0.15, -0.1) is 0 Å². The topological polar surface area (TPSA) is 86.8 Å². The molecule has 4 aromatic rings. The Bertz CT molecular complexity index is 1750. The molecule has 1 saturated carbocycles. The van der Waals surface area contributed by atoms with Crippen LogP contribution in [0.2, 0.25) is 5.02 Å². The third kappa shape index (κ3) is 8.13. The maximum atomic E-state index is 14.6. The average Bonchev–Trinajstić information content (AvgIpc) is 3.56. The summed E-state index contributed by atoms with van der Waals surface area (Å²) in [5.41, 5.74) is 2.29. The van der Waals surface area contributed by atoms with Crippen molar-refractivity contribution in [1.29, 1.82) is 0 Å². The molecule has 0 saturated heterocycles. The van der Waals surface area contributed by atoms with E-state index in [-0.39, 0.29) is 29.8 Å². The van der Waals surface area contributed by atoms with E-state index in [4.69, 9.17) is 11.6 Å². The van der Waals surface area contributed by atoms with Crippen LogP contribution in [-0.2, 0) is 32.6 Å². The van der Waals surface area contributed by atoms with Gasteiger partial charge in [0.1, 0.15) is 18.4 Å². The molecule has 1 aliphatic rings. The Balaban J connectivity index is 1.57. The van der Waals surface area contributed by atoms with Crippen molar-refractivity contribution >= 4 is 39.1 Å². The van der Waals surface area contributed by atoms with Crippen LogP contribution in [0.3, 0.4) is 0 Å². The van der Waals surface area contributed by atoms with Crippen molar-refractivity contribution in [3.05, 3.63) is 131 Å². The molecule has 4 aromatic carbocycles. The van der Waals surface area contributed by atoms with Gasteiger partial charge in [0.2, 0.25) is 11.8 Å². The standard InChI is InChI=1S/C36H37ClFN3O4S/c1-26-22-29(37)18-21-33(26)41(46(44,45)32-14-6-3-7-15-32)25-35(42)40(24-28-16-19-30(38)20-17-28)34(23-27-10-4-2-5-11-27)36(43)39-31-12-8-9-13-31/h2-7,10-11,14-22,31,34H,8-9,12-13,23-25H2,1H3,(H,39,43). The van der Waals surface area contributed by atoms with Crippen LogP contribution in [0.1, 0.15) is 42.4 Å². The van der Waals surface area contributed by atoms with Gasteiger partial charge in [-0.1, -0.05) is 85.1 Å². The number of nitrogens with zero attached hydrogens (tertiary/aromatic N) is 2. The van der Waals surface area contributed by atoms with Gasteiger partial charge in [0.05, 0.1) is 10.6 Å². The molecule has 0 heterocycles. The summed E-state index contributed by atoms with van der Waals surface area (Å²) in [6.45, 7) is 1.11. The largest absolute Gasteiger partial charge is 0.352 e. The third-order valence-corrected chi connectivity index (χ3v) is 10.3. The maximum absolute atomic E-state index is 14.6. The molecule has 2 amide bonds. The summed E-state index contributed by atoms with van der Waals surface area (Å²) in [7, 11) is -4.23. The van der Waals surface area contributed by atoms with Crippen molar-refractivity contribution < 1.29 is 22.4 Å². The second-order valence-corrected chi connectivity index (χ2v) is 13.9. The van der Waals surface area contributed by atoms with Crippen LogP contribution in [0, 0.1) is 12.7 Å². The van der Waals surface area contributed by atoms with Crippen molar-refractivity contribution in [2.45, 2.75) is 62.6 Å². The zero-order chi connectivity index (χ0) is 32.7. The molecule has 1 atom stereocenters. The van der Waals surface area contributed by atoms with E-state index < -0.39 is 34.3 Å². The van der Waals surface area contributed by atoms with Gasteiger partial charge in [0.15, 0.2) is 0 Å². The maximum Gasteiger partial charge on any atom is 0.264 e. The number of nitrogens with one attached hydrogen (secondary N) is 1. The second-order valence-electron chi connectivity index (χ2n) is 11.6. The number of carbonyl (C=O) groups is 2. The van der Waals surface area contributed by atoms with Crippen molar-refractivity contribution in [1.82, 2.24) is 10.2 Å². The Morgan fingerprint density at radius 3 is 2.15 bits per heavy atom. The molecule has 0 bridgehead atoms. The van der Waals surface area contributed by atoms with Gasteiger partial charge < -0.3 is 10.2 Å². The summed E-state index contributed by atoms with van der Waals surface area (Å²) in [4.78, 5) is 30.1. The SMILES string of the molecule is Cc1cc(Cl)ccc1N(CC(=O)N(Cc1ccc(F)cc1)C(Cc1ccccc1)C(=O)NC1CCCC1)S(=O)(=O)c1ccccc1. The minimum atomic E-state index is -4.23. The number of aryl methyl sites for hydroxylation is 1. The number of amides is 2. The molecule has 46 heavy (non-hydrogen) atoms. The third-order valence-electron chi connectivity index (χ3n) is 8.28. The van der Waals surface area contributed by atoms with Crippen LogP contribution in [0.25, 0.3) is 0 Å². The van der Waals surface area contributed by atoms with Crippen LogP contribution in [0.4, 0.5) is 10.1 Å². The lowest BCUT2D eigenvalue weighted by Gasteiger charge is -2.34. The molecule has 240 valence electrons. The zero-order valence-electron chi connectivity index (χ0n) is 25.6. The molecule has 0 radical (unpaired) electrons. The van der Waals surface area contributed by atoms with E-state index in [1.54, 1.807) is 55.5 Å². The highest BCUT2D eigenvalue weighted by Crippen LogP contribution is 2.30. The van der Waals surface area contributed by atoms with Gasteiger partial charge in [0, 0.05) is 24.0 Å². The lowest BCUT2D eigenvalue weighted by atomic mass is 10.0. The van der Waals surface area contributed by atoms with Gasteiger partial charge in [-0.25, -0.2) is 12.8 Å². The Kier molecular flexibility index (Phi) is 10.8. The molecular weight excluding hydrogens is 625 g/mol. The highest BCUT2D eigenvalue weighted by atomic mass is 35.5. The number of anilines is 1. The summed E-state index contributed by atoms with van der Waals surface area (Å²) in [5, 5.41) is 3.57. The smallest absolute Gasteiger partial charge is 0.264 e. The Hall–Kier alpha value is -4.21. The van der Waals surface area contributed by atoms with Gasteiger partial charge in [-0.2, -0.15) is 0 Å². The molecule has 1 unspecified atom stereocenters. The first kappa shape index (κ1) is 33.2. The quantitative estimate of drug-likeness (QED) is 0.184. The predicted molar refractivity (Wildman–Crippen MR) is 178 cm³/mol. The van der Waals surface area contributed by atoms with Gasteiger partial charge in [0.25, 0.3) is 10.0 Å². The number of sulfonamides is 1. The zero-order valence-corrected chi connectivity index (χ0v) is 27.2. The molecule has 5 rings (SSSR count). The fourth-order valence-corrected chi connectivity index (χ4v) is 7.57. The average molecular weight is 662 g/mol. The summed E-state index contributed by atoms with van der Waals surface area (Å²) in [6, 6.07) is 26.8. The van der Waals surface area contributed by atoms with E-state index in [0.29, 0.717) is 21.8 Å². The van der Waals surface area contributed by atoms with E-state index in [2.05, 4.69) is 5.32 Å². The number of hydrogen-bond donors (Lipinski definition) is 1. The fourth-order valence-electron chi connectivity index (χ4n) is 5.84. The minimum absolute atomic E-state index is 0.000204. The lowest BCUT2D eigenvalue weighted by molar-refractivity contribution is -0.140. The first-order chi connectivity index (χ1) is 22.1. The Morgan fingerprint density at radius 1 is 0.891 bits per heavy atom. The number of rotatable bonds is 12. The van der Waals surface area contributed by atoms with Crippen LogP contribution in [-0.4, -0.2) is 43.8 Å². The van der Waals surface area contributed by atoms with Crippen LogP contribution in [0.5, 0.6) is 0 Å². The first-order valence-corrected chi connectivity index (χ1v) is 17.2. The number of halogens is 2. The number of carbonyl (C=O) groups excluding carboxylic acids is 2. The monoisotopic (exact) mass is 661 g/mol. The summed E-state index contributed by atoms with van der Waals surface area (Å²) >= 11 is 6.22. The second kappa shape index (κ2) is 14.9. The molecule has 7 nitrogen and oxygen atoms in total. The minimum Gasteiger partial charge on any atom is -0.352 e. The normalized spacial score (nSPS) is 14.1. The van der Waals surface area contributed by atoms with Crippen LogP contribution < -0.4 is 9.62 Å². The molecular formula is C36H37ClFN3O4S. The lowest BCUT2D eigenvalue weighted by Crippen LogP contribution is -2.54. The van der Waals surface area contributed by atoms with Gasteiger partial charge in [-0.3, -0.25) is 13.9 Å². The van der Waals surface area contributed by atoms with Crippen molar-refractivity contribution in [3.8, 4) is 0 Å². The van der Waals surface area contributed by atoms with Crippen molar-refractivity contribution in [3.63, 3.8) is 0 Å². The molecule has 10 heteroatoms. The van der Waals surface area contributed by atoms with Crippen molar-refractivity contribution in [2.75, 3.05) is 10.8 Å². The summed E-state index contributed by atoms with van der Waals surface area (Å²) in [5.74, 6) is -1.33. The Morgan fingerprint density at radius 2 is 1.52 bits per heavy atom. The molecule has 1 aliphatic carbocycles. The molecule has 1 fully saturated rings. The fraction of sp³-hybridized carbons (Fsp3) is 0.278. The Labute approximate surface area is 275 Å². The van der Waals surface area contributed by atoms with Crippen LogP contribution >= 0.6 is 11.6 Å². The van der Waals surface area contributed by atoms with E-state index in [1.165, 1.54) is 29.2 Å². The van der Waals surface area contributed by atoms with Gasteiger partial charge >= 0.3 is 0 Å². The van der Waals surface area contributed by atoms with Crippen LogP contribution in [0.15, 0.2) is 108 Å². The summed E-state index contributed by atoms with van der Waals surface area (Å²) in [6.07, 6.45) is 3.94. The predicted octanol–water partition coefficient (Wildman–Crippen LogP) is 6.68. The van der Waals surface area contributed by atoms with E-state index in [9.17, 15) is 22.4 Å². The highest BCUT2D eigenvalue weighted by Gasteiger charge is 2.36.